The zero-order valence-electron chi connectivity index (χ0n) is 19.7. The van der Waals surface area contributed by atoms with Gasteiger partial charge in [-0.3, -0.25) is 13.9 Å². The minimum atomic E-state index is -3.75. The third kappa shape index (κ3) is 7.57. The number of rotatable bonds is 10. The average Bonchev–Trinajstić information content (AvgIpc) is 2.73. The molecular formula is C24H32BrN3O4S. The molecule has 0 aliphatic carbocycles. The number of carbonyl (C=O) groups is 2. The van der Waals surface area contributed by atoms with Crippen molar-refractivity contribution in [3.8, 4) is 0 Å². The van der Waals surface area contributed by atoms with Gasteiger partial charge in [0.1, 0.15) is 12.6 Å². The zero-order chi connectivity index (χ0) is 24.8. The Kier molecular flexibility index (Phi) is 9.48. The number of amides is 2. The summed E-state index contributed by atoms with van der Waals surface area (Å²) in [5.74, 6) is -0.710. The lowest BCUT2D eigenvalue weighted by Crippen LogP contribution is -2.53. The Balaban J connectivity index is 2.43. The Morgan fingerprint density at radius 1 is 1.09 bits per heavy atom. The second kappa shape index (κ2) is 11.7. The zero-order valence-corrected chi connectivity index (χ0v) is 22.1. The molecular weight excluding hydrogens is 506 g/mol. The van der Waals surface area contributed by atoms with Gasteiger partial charge in [0.05, 0.1) is 11.9 Å². The van der Waals surface area contributed by atoms with E-state index in [-0.39, 0.29) is 18.5 Å². The lowest BCUT2D eigenvalue weighted by atomic mass is 10.1. The number of carbonyl (C=O) groups excluding carboxylic acids is 2. The summed E-state index contributed by atoms with van der Waals surface area (Å²) < 4.78 is 27.2. The lowest BCUT2D eigenvalue weighted by molar-refractivity contribution is -0.140. The molecule has 1 N–H and O–H groups in total. The highest BCUT2D eigenvalue weighted by Crippen LogP contribution is 2.25. The Morgan fingerprint density at radius 2 is 1.73 bits per heavy atom. The molecule has 180 valence electrons. The van der Waals surface area contributed by atoms with E-state index in [1.165, 1.54) is 4.90 Å². The van der Waals surface area contributed by atoms with Crippen LogP contribution in [0.5, 0.6) is 0 Å². The van der Waals surface area contributed by atoms with Crippen LogP contribution in [0, 0.1) is 6.92 Å². The Morgan fingerprint density at radius 3 is 2.24 bits per heavy atom. The van der Waals surface area contributed by atoms with Gasteiger partial charge in [-0.1, -0.05) is 53.2 Å². The summed E-state index contributed by atoms with van der Waals surface area (Å²) in [5, 5.41) is 2.87. The second-order valence-corrected chi connectivity index (χ2v) is 11.1. The summed E-state index contributed by atoms with van der Waals surface area (Å²) >= 11 is 3.42. The van der Waals surface area contributed by atoms with Crippen LogP contribution in [0.4, 0.5) is 5.69 Å². The van der Waals surface area contributed by atoms with E-state index in [0.29, 0.717) is 12.1 Å². The van der Waals surface area contributed by atoms with E-state index >= 15 is 0 Å². The Labute approximate surface area is 205 Å². The number of benzene rings is 2. The molecule has 33 heavy (non-hydrogen) atoms. The highest BCUT2D eigenvalue weighted by atomic mass is 79.9. The monoisotopic (exact) mass is 537 g/mol. The maximum absolute atomic E-state index is 13.6. The molecule has 0 fully saturated rings. The first-order valence-electron chi connectivity index (χ1n) is 10.8. The standard InChI is InChI=1S/C24H32BrN3O4S/c1-6-22(24(30)26-17(2)3)27(15-19-10-8-7-9-11-19)23(29)16-28(33(5,31)32)20-12-13-21(25)18(4)14-20/h7-14,17,22H,6,15-16H2,1-5H3,(H,26,30)/t22-/m0/s1. The summed E-state index contributed by atoms with van der Waals surface area (Å²) in [6.07, 6.45) is 1.47. The molecule has 0 saturated carbocycles. The van der Waals surface area contributed by atoms with Crippen LogP contribution in [0.1, 0.15) is 38.3 Å². The second-order valence-electron chi connectivity index (χ2n) is 8.30. The van der Waals surface area contributed by atoms with E-state index in [1.54, 1.807) is 18.2 Å². The van der Waals surface area contributed by atoms with Crippen molar-refractivity contribution >= 4 is 43.5 Å². The van der Waals surface area contributed by atoms with Crippen molar-refractivity contribution in [2.75, 3.05) is 17.1 Å². The highest BCUT2D eigenvalue weighted by Gasteiger charge is 2.32. The molecule has 2 amide bonds. The summed E-state index contributed by atoms with van der Waals surface area (Å²) in [4.78, 5) is 27.9. The number of nitrogens with zero attached hydrogens (tertiary/aromatic N) is 2. The number of halogens is 1. The van der Waals surface area contributed by atoms with Crippen LogP contribution in [0.2, 0.25) is 0 Å². The third-order valence-corrected chi connectivity index (χ3v) is 7.15. The number of hydrogen-bond donors (Lipinski definition) is 1. The minimum absolute atomic E-state index is 0.0847. The van der Waals surface area contributed by atoms with Crippen molar-refractivity contribution in [2.24, 2.45) is 0 Å². The van der Waals surface area contributed by atoms with Crippen LogP contribution in [-0.4, -0.2) is 50.0 Å². The molecule has 0 aliphatic rings. The number of sulfonamides is 1. The SMILES string of the molecule is CC[C@@H](C(=O)NC(C)C)N(Cc1ccccc1)C(=O)CN(c1ccc(Br)c(C)c1)S(C)(=O)=O. The van der Waals surface area contributed by atoms with Gasteiger partial charge in [0, 0.05) is 17.1 Å². The van der Waals surface area contributed by atoms with E-state index in [0.717, 1.165) is 26.2 Å². The van der Waals surface area contributed by atoms with Gasteiger partial charge in [-0.05, 0) is 56.5 Å². The predicted molar refractivity (Wildman–Crippen MR) is 135 cm³/mol. The Hall–Kier alpha value is -2.39. The van der Waals surface area contributed by atoms with Gasteiger partial charge >= 0.3 is 0 Å². The molecule has 0 heterocycles. The molecule has 7 nitrogen and oxygen atoms in total. The molecule has 1 atom stereocenters. The number of anilines is 1. The fraction of sp³-hybridized carbons (Fsp3) is 0.417. The van der Waals surface area contributed by atoms with Gasteiger partial charge < -0.3 is 10.2 Å². The van der Waals surface area contributed by atoms with E-state index in [9.17, 15) is 18.0 Å². The van der Waals surface area contributed by atoms with Gasteiger partial charge in [-0.15, -0.1) is 0 Å². The fourth-order valence-electron chi connectivity index (χ4n) is 3.48. The fourth-order valence-corrected chi connectivity index (χ4v) is 4.57. The first-order valence-corrected chi connectivity index (χ1v) is 13.5. The van der Waals surface area contributed by atoms with E-state index < -0.39 is 28.5 Å². The Bertz CT molecular complexity index is 1070. The highest BCUT2D eigenvalue weighted by molar-refractivity contribution is 9.10. The summed E-state index contributed by atoms with van der Waals surface area (Å²) in [7, 11) is -3.75. The molecule has 0 spiro atoms. The molecule has 0 unspecified atom stereocenters. The average molecular weight is 539 g/mol. The van der Waals surface area contributed by atoms with Crippen molar-refractivity contribution < 1.29 is 18.0 Å². The predicted octanol–water partition coefficient (Wildman–Crippen LogP) is 3.86. The van der Waals surface area contributed by atoms with E-state index in [4.69, 9.17) is 0 Å². The van der Waals surface area contributed by atoms with Gasteiger partial charge in [0.2, 0.25) is 21.8 Å². The smallest absolute Gasteiger partial charge is 0.244 e. The van der Waals surface area contributed by atoms with Gasteiger partial charge in [-0.25, -0.2) is 8.42 Å². The summed E-state index contributed by atoms with van der Waals surface area (Å²) in [6.45, 7) is 7.19. The number of hydrogen-bond acceptors (Lipinski definition) is 4. The molecule has 0 bridgehead atoms. The molecule has 2 aromatic carbocycles. The van der Waals surface area contributed by atoms with Crippen molar-refractivity contribution in [1.29, 1.82) is 0 Å². The first kappa shape index (κ1) is 26.9. The van der Waals surface area contributed by atoms with Gasteiger partial charge in [0.15, 0.2) is 0 Å². The molecule has 2 rings (SSSR count). The molecule has 0 radical (unpaired) electrons. The normalized spacial score (nSPS) is 12.3. The molecule has 9 heteroatoms. The largest absolute Gasteiger partial charge is 0.352 e. The van der Waals surface area contributed by atoms with Crippen LogP contribution in [0.3, 0.4) is 0 Å². The van der Waals surface area contributed by atoms with Gasteiger partial charge in [0.25, 0.3) is 0 Å². The molecule has 0 saturated heterocycles. The summed E-state index contributed by atoms with van der Waals surface area (Å²) in [5.41, 5.74) is 2.09. The number of aryl methyl sites for hydroxylation is 1. The van der Waals surface area contributed by atoms with Crippen molar-refractivity contribution in [1.82, 2.24) is 10.2 Å². The van der Waals surface area contributed by atoms with Gasteiger partial charge in [-0.2, -0.15) is 0 Å². The quantitative estimate of drug-likeness (QED) is 0.498. The molecule has 2 aromatic rings. The van der Waals surface area contributed by atoms with Crippen LogP contribution in [-0.2, 0) is 26.2 Å². The van der Waals surface area contributed by atoms with Crippen LogP contribution < -0.4 is 9.62 Å². The van der Waals surface area contributed by atoms with Crippen LogP contribution >= 0.6 is 15.9 Å². The topological polar surface area (TPSA) is 86.8 Å². The van der Waals surface area contributed by atoms with Crippen molar-refractivity contribution in [3.05, 3.63) is 64.1 Å². The van der Waals surface area contributed by atoms with E-state index in [1.807, 2.05) is 58.0 Å². The maximum atomic E-state index is 13.6. The first-order chi connectivity index (χ1) is 15.4. The van der Waals surface area contributed by atoms with Crippen molar-refractivity contribution in [3.63, 3.8) is 0 Å². The minimum Gasteiger partial charge on any atom is -0.352 e. The summed E-state index contributed by atoms with van der Waals surface area (Å²) in [6, 6.07) is 13.6. The van der Waals surface area contributed by atoms with E-state index in [2.05, 4.69) is 21.2 Å². The van der Waals surface area contributed by atoms with Crippen LogP contribution in [0.15, 0.2) is 53.0 Å². The van der Waals surface area contributed by atoms with Crippen molar-refractivity contribution in [2.45, 2.75) is 52.7 Å². The lowest BCUT2D eigenvalue weighted by Gasteiger charge is -2.33. The maximum Gasteiger partial charge on any atom is 0.244 e. The molecule has 0 aliphatic heterocycles. The number of nitrogens with one attached hydrogen (secondary N) is 1. The molecule has 0 aromatic heterocycles. The van der Waals surface area contributed by atoms with Crippen LogP contribution in [0.25, 0.3) is 0 Å². The third-order valence-electron chi connectivity index (χ3n) is 5.12.